The number of nitrogens with zero attached hydrogens (tertiary/aromatic N) is 7. The van der Waals surface area contributed by atoms with E-state index in [-0.39, 0.29) is 36.0 Å². The predicted molar refractivity (Wildman–Crippen MR) is 185 cm³/mol. The zero-order chi connectivity index (χ0) is 34.7. The van der Waals surface area contributed by atoms with E-state index in [1.165, 1.54) is 6.92 Å². The standard InChI is InChI=1S/C35H41N9O5/c1-23(45)38-32-28-20-26(8-11-29(28)44(40-32)34(48)49-35(2,3)4)39-33(47)25-12-15-41(21-25)22-30(46)43-18-16-42(17-19-43)27-9-6-24(7-10-27)31-36-13-5-14-37-31/h5-11,13-14,20,25H,12,15-19,21-22H2,1-4H3,(H,39,47)(H,38,40,45)/t25-/m1/s1. The monoisotopic (exact) mass is 667 g/mol. The molecule has 2 fully saturated rings. The highest BCUT2D eigenvalue weighted by molar-refractivity contribution is 6.04. The minimum Gasteiger partial charge on any atom is -0.442 e. The predicted octanol–water partition coefficient (Wildman–Crippen LogP) is 3.84. The largest absolute Gasteiger partial charge is 0.442 e. The molecule has 0 aliphatic carbocycles. The summed E-state index contributed by atoms with van der Waals surface area (Å²) in [6.07, 6.45) is 3.40. The van der Waals surface area contributed by atoms with E-state index >= 15 is 0 Å². The number of ether oxygens (including phenoxy) is 1. The number of hydrogen-bond donors (Lipinski definition) is 2. The highest BCUT2D eigenvalue weighted by Gasteiger charge is 2.31. The van der Waals surface area contributed by atoms with E-state index in [2.05, 4.69) is 42.7 Å². The van der Waals surface area contributed by atoms with Crippen LogP contribution < -0.4 is 15.5 Å². The smallest absolute Gasteiger partial charge is 0.435 e. The first-order valence-corrected chi connectivity index (χ1v) is 16.4. The van der Waals surface area contributed by atoms with Crippen molar-refractivity contribution < 1.29 is 23.9 Å². The number of amides is 3. The molecular weight excluding hydrogens is 626 g/mol. The molecule has 4 aromatic rings. The van der Waals surface area contributed by atoms with Crippen molar-refractivity contribution >= 4 is 51.9 Å². The number of benzene rings is 2. The van der Waals surface area contributed by atoms with Crippen LogP contribution in [-0.4, -0.2) is 105 Å². The maximum absolute atomic E-state index is 13.3. The summed E-state index contributed by atoms with van der Waals surface area (Å²) < 4.78 is 6.57. The molecule has 2 aromatic heterocycles. The number of aromatic nitrogens is 4. The molecule has 2 N–H and O–H groups in total. The van der Waals surface area contributed by atoms with Crippen LogP contribution in [0.15, 0.2) is 60.9 Å². The summed E-state index contributed by atoms with van der Waals surface area (Å²) in [6.45, 7) is 10.8. The Labute approximate surface area is 284 Å². The Morgan fingerprint density at radius 1 is 0.918 bits per heavy atom. The molecule has 0 bridgehead atoms. The molecule has 2 aliphatic heterocycles. The first-order chi connectivity index (χ1) is 23.4. The second-order valence-electron chi connectivity index (χ2n) is 13.4. The normalized spacial score (nSPS) is 16.9. The highest BCUT2D eigenvalue weighted by Crippen LogP contribution is 2.28. The Hall–Kier alpha value is -5.37. The Morgan fingerprint density at radius 2 is 1.63 bits per heavy atom. The zero-order valence-electron chi connectivity index (χ0n) is 28.2. The van der Waals surface area contributed by atoms with Crippen LogP contribution in [0.1, 0.15) is 34.1 Å². The van der Waals surface area contributed by atoms with Gasteiger partial charge in [0.2, 0.25) is 17.7 Å². The third kappa shape index (κ3) is 8.03. The van der Waals surface area contributed by atoms with Gasteiger partial charge in [0, 0.05) is 74.4 Å². The van der Waals surface area contributed by atoms with E-state index in [1.54, 1.807) is 57.4 Å². The lowest BCUT2D eigenvalue weighted by molar-refractivity contribution is -0.132. The van der Waals surface area contributed by atoms with Crippen LogP contribution in [0.2, 0.25) is 0 Å². The third-order valence-electron chi connectivity index (χ3n) is 8.50. The Kier molecular flexibility index (Phi) is 9.58. The first-order valence-electron chi connectivity index (χ1n) is 16.4. The van der Waals surface area contributed by atoms with Crippen molar-refractivity contribution in [3.8, 4) is 11.4 Å². The molecule has 2 aliphatic rings. The van der Waals surface area contributed by atoms with Gasteiger partial charge in [-0.3, -0.25) is 19.3 Å². The molecule has 0 unspecified atom stereocenters. The van der Waals surface area contributed by atoms with Crippen molar-refractivity contribution in [3.63, 3.8) is 0 Å². The van der Waals surface area contributed by atoms with E-state index in [0.717, 1.165) is 29.0 Å². The molecule has 0 spiro atoms. The van der Waals surface area contributed by atoms with Gasteiger partial charge in [0.1, 0.15) is 5.60 Å². The fourth-order valence-electron chi connectivity index (χ4n) is 6.11. The summed E-state index contributed by atoms with van der Waals surface area (Å²) in [6, 6.07) is 15.0. The molecule has 1 atom stereocenters. The van der Waals surface area contributed by atoms with E-state index in [1.807, 2.05) is 21.9 Å². The zero-order valence-corrected chi connectivity index (χ0v) is 28.2. The van der Waals surface area contributed by atoms with Crippen LogP contribution in [-0.2, 0) is 19.1 Å². The van der Waals surface area contributed by atoms with Crippen LogP contribution in [0, 0.1) is 5.92 Å². The molecule has 4 heterocycles. The fraction of sp³-hybridized carbons (Fsp3) is 0.400. The van der Waals surface area contributed by atoms with E-state index in [0.29, 0.717) is 55.0 Å². The van der Waals surface area contributed by atoms with Crippen LogP contribution in [0.5, 0.6) is 0 Å². The van der Waals surface area contributed by atoms with Crippen LogP contribution >= 0.6 is 0 Å². The summed E-state index contributed by atoms with van der Waals surface area (Å²) in [7, 11) is 0. The second-order valence-corrected chi connectivity index (χ2v) is 13.4. The van der Waals surface area contributed by atoms with Crippen molar-refractivity contribution in [2.75, 3.05) is 61.3 Å². The van der Waals surface area contributed by atoms with Gasteiger partial charge in [-0.1, -0.05) is 0 Å². The molecule has 3 amide bonds. The van der Waals surface area contributed by atoms with Gasteiger partial charge in [-0.05, 0) is 82.3 Å². The number of piperazine rings is 1. The molecule has 14 heteroatoms. The Bertz CT molecular complexity index is 1850. The average molecular weight is 668 g/mol. The summed E-state index contributed by atoms with van der Waals surface area (Å²) in [5.74, 6) is 0.145. The Morgan fingerprint density at radius 3 is 2.31 bits per heavy atom. The first kappa shape index (κ1) is 33.5. The summed E-state index contributed by atoms with van der Waals surface area (Å²) in [5, 5.41) is 10.4. The van der Waals surface area contributed by atoms with Crippen molar-refractivity contribution in [2.45, 2.75) is 39.7 Å². The van der Waals surface area contributed by atoms with Gasteiger partial charge in [0.25, 0.3) is 0 Å². The maximum Gasteiger partial charge on any atom is 0.435 e. The minimum absolute atomic E-state index is 0.0650. The minimum atomic E-state index is -0.737. The summed E-state index contributed by atoms with van der Waals surface area (Å²) >= 11 is 0. The molecule has 6 rings (SSSR count). The van der Waals surface area contributed by atoms with Gasteiger partial charge >= 0.3 is 6.09 Å². The topological polar surface area (TPSA) is 155 Å². The number of fused-ring (bicyclic) bond motifs is 1. The van der Waals surface area contributed by atoms with E-state index in [9.17, 15) is 19.2 Å². The fourth-order valence-corrected chi connectivity index (χ4v) is 6.11. The third-order valence-corrected chi connectivity index (χ3v) is 8.50. The number of hydrogen-bond acceptors (Lipinski definition) is 10. The van der Waals surface area contributed by atoms with Gasteiger partial charge in [-0.2, -0.15) is 4.68 Å². The molecule has 0 saturated carbocycles. The quantitative estimate of drug-likeness (QED) is 0.297. The molecule has 2 saturated heterocycles. The van der Waals surface area contributed by atoms with Gasteiger partial charge in [0.05, 0.1) is 18.0 Å². The van der Waals surface area contributed by atoms with Crippen molar-refractivity contribution in [1.82, 2.24) is 29.5 Å². The summed E-state index contributed by atoms with van der Waals surface area (Å²) in [5.41, 5.74) is 2.25. The van der Waals surface area contributed by atoms with Crippen molar-refractivity contribution in [1.29, 1.82) is 0 Å². The molecule has 256 valence electrons. The number of likely N-dealkylation sites (tertiary alicyclic amines) is 1. The average Bonchev–Trinajstić information content (AvgIpc) is 3.69. The summed E-state index contributed by atoms with van der Waals surface area (Å²) in [4.78, 5) is 66.0. The highest BCUT2D eigenvalue weighted by atomic mass is 16.6. The van der Waals surface area contributed by atoms with E-state index < -0.39 is 11.7 Å². The molecular formula is C35H41N9O5. The van der Waals surface area contributed by atoms with Crippen molar-refractivity contribution in [2.24, 2.45) is 5.92 Å². The lowest BCUT2D eigenvalue weighted by Crippen LogP contribution is -2.51. The second kappa shape index (κ2) is 14.0. The number of nitrogens with one attached hydrogen (secondary N) is 2. The lowest BCUT2D eigenvalue weighted by atomic mass is 10.1. The van der Waals surface area contributed by atoms with Gasteiger partial charge in [-0.25, -0.2) is 14.8 Å². The lowest BCUT2D eigenvalue weighted by Gasteiger charge is -2.36. The van der Waals surface area contributed by atoms with Crippen molar-refractivity contribution in [3.05, 3.63) is 60.9 Å². The number of carbonyl (C=O) groups excluding carboxylic acids is 4. The SMILES string of the molecule is CC(=O)Nc1nn(C(=O)OC(C)(C)C)c2ccc(NC(=O)[C@@H]3CCN(CC(=O)N4CCN(c5ccc(-c6ncccn6)cc5)CC4)C3)cc12. The maximum atomic E-state index is 13.3. The van der Waals surface area contributed by atoms with Gasteiger partial charge < -0.3 is 25.2 Å². The number of carbonyl (C=O) groups is 4. The molecule has 49 heavy (non-hydrogen) atoms. The van der Waals surface area contributed by atoms with Gasteiger partial charge in [-0.15, -0.1) is 5.10 Å². The van der Waals surface area contributed by atoms with Crippen LogP contribution in [0.25, 0.3) is 22.3 Å². The number of anilines is 3. The van der Waals surface area contributed by atoms with Crippen LogP contribution in [0.4, 0.5) is 22.0 Å². The Balaban J connectivity index is 1.01. The van der Waals surface area contributed by atoms with Crippen LogP contribution in [0.3, 0.4) is 0 Å². The molecule has 14 nitrogen and oxygen atoms in total. The molecule has 0 radical (unpaired) electrons. The molecule has 2 aromatic carbocycles. The van der Waals surface area contributed by atoms with E-state index in [4.69, 9.17) is 4.74 Å². The number of rotatable bonds is 7. The van der Waals surface area contributed by atoms with Gasteiger partial charge in [0.15, 0.2) is 11.6 Å².